The maximum atomic E-state index is 4.76. The molecule has 2 heterocycles. The summed E-state index contributed by atoms with van der Waals surface area (Å²) in [7, 11) is 0. The summed E-state index contributed by atoms with van der Waals surface area (Å²) in [5, 5.41) is 4.16. The van der Waals surface area contributed by atoms with Gasteiger partial charge in [0.2, 0.25) is 0 Å². The Morgan fingerprint density at radius 3 is 2.55 bits per heavy atom. The predicted molar refractivity (Wildman–Crippen MR) is 82.5 cm³/mol. The van der Waals surface area contributed by atoms with Crippen LogP contribution in [0.5, 0.6) is 0 Å². The van der Waals surface area contributed by atoms with E-state index in [9.17, 15) is 0 Å². The number of nitrogens with zero attached hydrogens (tertiary/aromatic N) is 2. The van der Waals surface area contributed by atoms with Gasteiger partial charge in [0, 0.05) is 16.9 Å². The highest BCUT2D eigenvalue weighted by molar-refractivity contribution is 7.08. The van der Waals surface area contributed by atoms with Crippen molar-refractivity contribution < 1.29 is 0 Å². The SMILES string of the molecule is C(#CC1CC1)c1nc2ccccc2nc1-c1ccsc1. The lowest BCUT2D eigenvalue weighted by Crippen LogP contribution is -1.94. The van der Waals surface area contributed by atoms with Gasteiger partial charge in [-0.05, 0) is 42.3 Å². The molecule has 3 aromatic rings. The van der Waals surface area contributed by atoms with E-state index in [1.807, 2.05) is 24.3 Å². The Morgan fingerprint density at radius 2 is 1.85 bits per heavy atom. The van der Waals surface area contributed by atoms with E-state index in [1.165, 1.54) is 12.8 Å². The molecule has 0 radical (unpaired) electrons. The lowest BCUT2D eigenvalue weighted by molar-refractivity contribution is 1.17. The molecule has 1 aromatic carbocycles. The smallest absolute Gasteiger partial charge is 0.140 e. The van der Waals surface area contributed by atoms with Crippen molar-refractivity contribution in [2.24, 2.45) is 5.92 Å². The molecule has 0 amide bonds. The van der Waals surface area contributed by atoms with Gasteiger partial charge in [-0.25, -0.2) is 9.97 Å². The molecule has 1 aliphatic rings. The lowest BCUT2D eigenvalue weighted by Gasteiger charge is -2.04. The summed E-state index contributed by atoms with van der Waals surface area (Å²) < 4.78 is 0. The van der Waals surface area contributed by atoms with Crippen LogP contribution in [0, 0.1) is 17.8 Å². The van der Waals surface area contributed by atoms with Crippen molar-refractivity contribution in [1.29, 1.82) is 0 Å². The number of benzene rings is 1. The third-order valence-corrected chi connectivity index (χ3v) is 4.02. The van der Waals surface area contributed by atoms with Crippen LogP contribution < -0.4 is 0 Å². The van der Waals surface area contributed by atoms with Crippen LogP contribution in [-0.2, 0) is 0 Å². The van der Waals surface area contributed by atoms with Crippen LogP contribution in [0.25, 0.3) is 22.3 Å². The van der Waals surface area contributed by atoms with E-state index in [0.717, 1.165) is 28.0 Å². The van der Waals surface area contributed by atoms with Crippen molar-refractivity contribution in [3.63, 3.8) is 0 Å². The highest BCUT2D eigenvalue weighted by atomic mass is 32.1. The molecule has 1 aliphatic carbocycles. The quantitative estimate of drug-likeness (QED) is 0.625. The molecule has 0 atom stereocenters. The van der Waals surface area contributed by atoms with Crippen LogP contribution in [0.2, 0.25) is 0 Å². The van der Waals surface area contributed by atoms with Crippen molar-refractivity contribution in [3.8, 4) is 23.1 Å². The van der Waals surface area contributed by atoms with E-state index < -0.39 is 0 Å². The largest absolute Gasteiger partial charge is 0.243 e. The lowest BCUT2D eigenvalue weighted by atomic mass is 10.1. The molecule has 1 fully saturated rings. The zero-order chi connectivity index (χ0) is 13.4. The van der Waals surface area contributed by atoms with E-state index in [2.05, 4.69) is 28.7 Å². The Kier molecular flexibility index (Phi) is 2.75. The maximum absolute atomic E-state index is 4.76. The Balaban J connectivity index is 1.93. The fourth-order valence-electron chi connectivity index (χ4n) is 2.09. The maximum Gasteiger partial charge on any atom is 0.140 e. The molecule has 3 heteroatoms. The van der Waals surface area contributed by atoms with Gasteiger partial charge in [-0.3, -0.25) is 0 Å². The zero-order valence-corrected chi connectivity index (χ0v) is 11.7. The second kappa shape index (κ2) is 4.73. The summed E-state index contributed by atoms with van der Waals surface area (Å²) in [6.45, 7) is 0. The molecule has 0 spiro atoms. The van der Waals surface area contributed by atoms with Gasteiger partial charge in [-0.2, -0.15) is 11.3 Å². The highest BCUT2D eigenvalue weighted by Gasteiger charge is 2.18. The molecule has 4 rings (SSSR count). The summed E-state index contributed by atoms with van der Waals surface area (Å²) in [5.74, 6) is 7.10. The number of para-hydroxylation sites is 2. The van der Waals surface area contributed by atoms with Crippen molar-refractivity contribution in [2.45, 2.75) is 12.8 Å². The minimum absolute atomic E-state index is 0.568. The van der Waals surface area contributed by atoms with Gasteiger partial charge in [0.15, 0.2) is 0 Å². The second-order valence-corrected chi connectivity index (χ2v) is 5.75. The minimum atomic E-state index is 0.568. The Labute approximate surface area is 121 Å². The fourth-order valence-corrected chi connectivity index (χ4v) is 2.73. The van der Waals surface area contributed by atoms with E-state index in [4.69, 9.17) is 9.97 Å². The third-order valence-electron chi connectivity index (χ3n) is 3.34. The normalized spacial score (nSPS) is 14.0. The summed E-state index contributed by atoms with van der Waals surface area (Å²) in [4.78, 5) is 9.46. The average molecular weight is 276 g/mol. The molecule has 0 bridgehead atoms. The van der Waals surface area contributed by atoms with Crippen molar-refractivity contribution >= 4 is 22.4 Å². The predicted octanol–water partition coefficient (Wildman–Crippen LogP) is 4.12. The van der Waals surface area contributed by atoms with Crippen LogP contribution in [0.3, 0.4) is 0 Å². The molecule has 2 aromatic heterocycles. The highest BCUT2D eigenvalue weighted by Crippen LogP contribution is 2.29. The minimum Gasteiger partial charge on any atom is -0.243 e. The van der Waals surface area contributed by atoms with E-state index >= 15 is 0 Å². The number of thiophene rings is 1. The molecule has 1 saturated carbocycles. The van der Waals surface area contributed by atoms with Crippen LogP contribution >= 0.6 is 11.3 Å². The summed E-state index contributed by atoms with van der Waals surface area (Å²) in [6, 6.07) is 10.0. The van der Waals surface area contributed by atoms with Gasteiger partial charge < -0.3 is 0 Å². The van der Waals surface area contributed by atoms with Gasteiger partial charge >= 0.3 is 0 Å². The topological polar surface area (TPSA) is 25.8 Å². The first kappa shape index (κ1) is 11.6. The first-order valence-corrected chi connectivity index (χ1v) is 7.65. The van der Waals surface area contributed by atoms with Crippen molar-refractivity contribution in [2.75, 3.05) is 0 Å². The van der Waals surface area contributed by atoms with Gasteiger partial charge in [0.25, 0.3) is 0 Å². The van der Waals surface area contributed by atoms with Gasteiger partial charge in [0.05, 0.1) is 11.0 Å². The van der Waals surface area contributed by atoms with Crippen molar-refractivity contribution in [3.05, 3.63) is 46.8 Å². The Morgan fingerprint density at radius 1 is 1.05 bits per heavy atom. The van der Waals surface area contributed by atoms with E-state index in [1.54, 1.807) is 11.3 Å². The van der Waals surface area contributed by atoms with Gasteiger partial charge in [-0.1, -0.05) is 18.1 Å². The zero-order valence-electron chi connectivity index (χ0n) is 10.8. The van der Waals surface area contributed by atoms with Crippen LogP contribution in [0.15, 0.2) is 41.1 Å². The van der Waals surface area contributed by atoms with Crippen LogP contribution in [0.1, 0.15) is 18.5 Å². The summed E-state index contributed by atoms with van der Waals surface area (Å²) in [5.41, 5.74) is 4.64. The van der Waals surface area contributed by atoms with Crippen molar-refractivity contribution in [1.82, 2.24) is 9.97 Å². The molecular weight excluding hydrogens is 264 g/mol. The summed E-state index contributed by atoms with van der Waals surface area (Å²) in [6.07, 6.45) is 2.45. The molecule has 0 unspecified atom stereocenters. The molecule has 96 valence electrons. The van der Waals surface area contributed by atoms with Crippen LogP contribution in [0.4, 0.5) is 0 Å². The Hall–Kier alpha value is -2.18. The first-order chi connectivity index (χ1) is 9.90. The molecule has 0 aliphatic heterocycles. The molecular formula is C17H12N2S. The summed E-state index contributed by atoms with van der Waals surface area (Å²) >= 11 is 1.67. The first-order valence-electron chi connectivity index (χ1n) is 6.71. The van der Waals surface area contributed by atoms with E-state index in [0.29, 0.717) is 5.92 Å². The number of hydrogen-bond donors (Lipinski definition) is 0. The Bertz CT molecular complexity index is 821. The molecule has 20 heavy (non-hydrogen) atoms. The van der Waals surface area contributed by atoms with Crippen LogP contribution in [-0.4, -0.2) is 9.97 Å². The number of aromatic nitrogens is 2. The van der Waals surface area contributed by atoms with Gasteiger partial charge in [0.1, 0.15) is 11.4 Å². The number of hydrogen-bond acceptors (Lipinski definition) is 3. The number of fused-ring (bicyclic) bond motifs is 1. The second-order valence-electron chi connectivity index (χ2n) is 4.97. The fraction of sp³-hybridized carbons (Fsp3) is 0.176. The molecule has 2 nitrogen and oxygen atoms in total. The number of rotatable bonds is 1. The standard InChI is InChI=1S/C17H12N2S/c1-2-4-15-14(3-1)18-16(8-7-12-5-6-12)17(19-15)13-9-10-20-11-13/h1-4,9-12H,5-6H2. The monoisotopic (exact) mass is 276 g/mol. The van der Waals surface area contributed by atoms with Gasteiger partial charge in [-0.15, -0.1) is 0 Å². The van der Waals surface area contributed by atoms with E-state index in [-0.39, 0.29) is 0 Å². The molecule has 0 N–H and O–H groups in total. The third kappa shape index (κ3) is 2.19. The molecule has 0 saturated heterocycles. The average Bonchev–Trinajstić information content (AvgIpc) is 3.16.